The van der Waals surface area contributed by atoms with Crippen molar-refractivity contribution in [3.05, 3.63) is 48.7 Å². The summed E-state index contributed by atoms with van der Waals surface area (Å²) in [5.74, 6) is 0.669. The molecule has 1 aromatic heterocycles. The largest absolute Gasteiger partial charge is 0.340 e. The fourth-order valence-electron chi connectivity index (χ4n) is 1.53. The highest BCUT2D eigenvalue weighted by Gasteiger charge is 2.20. The molecule has 0 saturated heterocycles. The van der Waals surface area contributed by atoms with E-state index in [0.29, 0.717) is 0 Å². The summed E-state index contributed by atoms with van der Waals surface area (Å²) in [6.45, 7) is 5.57. The summed E-state index contributed by atoms with van der Waals surface area (Å²) >= 11 is 0. The Morgan fingerprint density at radius 1 is 1.00 bits per heavy atom. The summed E-state index contributed by atoms with van der Waals surface area (Å²) < 4.78 is 0. The number of carbonyl (C=O) groups is 1. The molecule has 0 saturated carbocycles. The smallest absolute Gasteiger partial charge is 0.243 e. The van der Waals surface area contributed by atoms with Gasteiger partial charge in [0.1, 0.15) is 5.82 Å². The van der Waals surface area contributed by atoms with Crippen molar-refractivity contribution < 1.29 is 4.79 Å². The fraction of sp³-hybridized carbons (Fsp3) is 0.250. The van der Waals surface area contributed by atoms with Crippen molar-refractivity contribution >= 4 is 23.1 Å². The van der Waals surface area contributed by atoms with E-state index in [2.05, 4.69) is 21.2 Å². The predicted octanol–water partition coefficient (Wildman–Crippen LogP) is 3.31. The Morgan fingerprint density at radius 2 is 1.71 bits per heavy atom. The minimum Gasteiger partial charge on any atom is -0.340 e. The SMILES string of the molecule is CC(C)(C)C(=O)NNc1ccc(Nc2ccccc2)nc1. The minimum absolute atomic E-state index is 0.0750. The van der Waals surface area contributed by atoms with Gasteiger partial charge < -0.3 is 5.32 Å². The van der Waals surface area contributed by atoms with Gasteiger partial charge in [0.2, 0.25) is 5.91 Å². The van der Waals surface area contributed by atoms with Gasteiger partial charge in [-0.1, -0.05) is 39.0 Å². The Kier molecular flexibility index (Phi) is 4.42. The number of hydrogen-bond donors (Lipinski definition) is 3. The molecule has 0 atom stereocenters. The molecule has 0 unspecified atom stereocenters. The zero-order valence-electron chi connectivity index (χ0n) is 12.5. The summed E-state index contributed by atoms with van der Waals surface area (Å²) in [6, 6.07) is 13.5. The first-order chi connectivity index (χ1) is 9.95. The number of aromatic nitrogens is 1. The van der Waals surface area contributed by atoms with Crippen LogP contribution in [0.1, 0.15) is 20.8 Å². The standard InChI is InChI=1S/C16H20N4O/c1-16(2,3)15(21)20-19-13-9-10-14(17-11-13)18-12-7-5-4-6-8-12/h4-11,19H,1-3H3,(H,17,18)(H,20,21). The summed E-state index contributed by atoms with van der Waals surface area (Å²) in [5, 5.41) is 3.19. The van der Waals surface area contributed by atoms with Crippen LogP contribution in [0.4, 0.5) is 17.2 Å². The zero-order valence-corrected chi connectivity index (χ0v) is 12.5. The molecule has 0 aliphatic heterocycles. The Hall–Kier alpha value is -2.56. The van der Waals surface area contributed by atoms with E-state index in [1.54, 1.807) is 6.20 Å². The Labute approximate surface area is 124 Å². The van der Waals surface area contributed by atoms with Crippen molar-refractivity contribution in [2.45, 2.75) is 20.8 Å². The molecule has 1 amide bonds. The molecule has 2 aromatic rings. The van der Waals surface area contributed by atoms with Crippen molar-refractivity contribution in [3.8, 4) is 0 Å². The molecule has 3 N–H and O–H groups in total. The highest BCUT2D eigenvalue weighted by atomic mass is 16.2. The van der Waals surface area contributed by atoms with Gasteiger partial charge in [0, 0.05) is 11.1 Å². The van der Waals surface area contributed by atoms with Crippen molar-refractivity contribution in [2.75, 3.05) is 10.7 Å². The molecule has 1 heterocycles. The number of hydrogen-bond acceptors (Lipinski definition) is 4. The number of nitrogens with one attached hydrogen (secondary N) is 3. The lowest BCUT2D eigenvalue weighted by Gasteiger charge is -2.18. The molecule has 0 radical (unpaired) electrons. The second-order valence-corrected chi connectivity index (χ2v) is 5.75. The van der Waals surface area contributed by atoms with Crippen molar-refractivity contribution in [3.63, 3.8) is 0 Å². The number of pyridine rings is 1. The van der Waals surface area contributed by atoms with Gasteiger partial charge in [0.05, 0.1) is 11.9 Å². The van der Waals surface area contributed by atoms with Gasteiger partial charge in [0.15, 0.2) is 0 Å². The van der Waals surface area contributed by atoms with Gasteiger partial charge in [-0.2, -0.15) is 0 Å². The van der Waals surface area contributed by atoms with Crippen LogP contribution in [0.25, 0.3) is 0 Å². The van der Waals surface area contributed by atoms with Crippen LogP contribution in [0, 0.1) is 5.41 Å². The molecule has 5 heteroatoms. The van der Waals surface area contributed by atoms with Crippen LogP contribution < -0.4 is 16.2 Å². The van der Waals surface area contributed by atoms with E-state index in [-0.39, 0.29) is 5.91 Å². The quantitative estimate of drug-likeness (QED) is 0.754. The Morgan fingerprint density at radius 3 is 2.29 bits per heavy atom. The number of nitrogens with zero attached hydrogens (tertiary/aromatic N) is 1. The van der Waals surface area contributed by atoms with Crippen LogP contribution in [0.5, 0.6) is 0 Å². The minimum atomic E-state index is -0.435. The number of benzene rings is 1. The maximum Gasteiger partial charge on any atom is 0.243 e. The fourth-order valence-corrected chi connectivity index (χ4v) is 1.53. The van der Waals surface area contributed by atoms with Gasteiger partial charge in [-0.05, 0) is 24.3 Å². The van der Waals surface area contributed by atoms with E-state index in [9.17, 15) is 4.79 Å². The second-order valence-electron chi connectivity index (χ2n) is 5.75. The van der Waals surface area contributed by atoms with Crippen molar-refractivity contribution in [1.82, 2.24) is 10.4 Å². The molecule has 5 nitrogen and oxygen atoms in total. The molecular weight excluding hydrogens is 264 g/mol. The highest BCUT2D eigenvalue weighted by molar-refractivity contribution is 5.82. The molecule has 0 aliphatic carbocycles. The predicted molar refractivity (Wildman–Crippen MR) is 85.2 cm³/mol. The summed E-state index contributed by atoms with van der Waals surface area (Å²) in [7, 11) is 0. The lowest BCUT2D eigenvalue weighted by Crippen LogP contribution is -2.38. The second kappa shape index (κ2) is 6.26. The molecule has 110 valence electrons. The van der Waals surface area contributed by atoms with Gasteiger partial charge in [-0.15, -0.1) is 0 Å². The lowest BCUT2D eigenvalue weighted by molar-refractivity contribution is -0.127. The van der Waals surface area contributed by atoms with Gasteiger partial charge in [-0.3, -0.25) is 15.6 Å². The molecule has 1 aromatic carbocycles. The van der Waals surface area contributed by atoms with E-state index in [4.69, 9.17) is 0 Å². The van der Waals surface area contributed by atoms with E-state index in [1.807, 2.05) is 63.2 Å². The summed E-state index contributed by atoms with van der Waals surface area (Å²) in [6.07, 6.45) is 1.66. The number of carbonyl (C=O) groups excluding carboxylic acids is 1. The van der Waals surface area contributed by atoms with Gasteiger partial charge >= 0.3 is 0 Å². The van der Waals surface area contributed by atoms with E-state index < -0.39 is 5.41 Å². The van der Waals surface area contributed by atoms with Crippen molar-refractivity contribution in [2.24, 2.45) is 5.41 Å². The molecule has 21 heavy (non-hydrogen) atoms. The van der Waals surface area contributed by atoms with Crippen LogP contribution in [0.2, 0.25) is 0 Å². The van der Waals surface area contributed by atoms with Crippen LogP contribution >= 0.6 is 0 Å². The molecule has 0 fully saturated rings. The monoisotopic (exact) mass is 284 g/mol. The molecule has 0 bridgehead atoms. The van der Waals surface area contributed by atoms with E-state index in [0.717, 1.165) is 17.2 Å². The summed E-state index contributed by atoms with van der Waals surface area (Å²) in [5.41, 5.74) is 6.78. The lowest BCUT2D eigenvalue weighted by atomic mass is 9.96. The van der Waals surface area contributed by atoms with Crippen molar-refractivity contribution in [1.29, 1.82) is 0 Å². The number of anilines is 3. The first-order valence-electron chi connectivity index (χ1n) is 6.80. The number of amides is 1. The zero-order chi connectivity index (χ0) is 15.3. The third-order valence-electron chi connectivity index (χ3n) is 2.81. The molecule has 0 spiro atoms. The average Bonchev–Trinajstić information content (AvgIpc) is 2.46. The Bertz CT molecular complexity index is 588. The third kappa shape index (κ3) is 4.49. The van der Waals surface area contributed by atoms with Crippen LogP contribution in [0.3, 0.4) is 0 Å². The van der Waals surface area contributed by atoms with Crippen LogP contribution in [-0.4, -0.2) is 10.9 Å². The summed E-state index contributed by atoms with van der Waals surface area (Å²) in [4.78, 5) is 16.0. The number of para-hydroxylation sites is 1. The van der Waals surface area contributed by atoms with E-state index >= 15 is 0 Å². The molecule has 0 aliphatic rings. The Balaban J connectivity index is 1.92. The number of rotatable bonds is 4. The van der Waals surface area contributed by atoms with Gasteiger partial charge in [-0.25, -0.2) is 4.98 Å². The topological polar surface area (TPSA) is 66.1 Å². The average molecular weight is 284 g/mol. The first-order valence-corrected chi connectivity index (χ1v) is 6.80. The molecular formula is C16H20N4O. The first kappa shape index (κ1) is 14.8. The third-order valence-corrected chi connectivity index (χ3v) is 2.81. The van der Waals surface area contributed by atoms with Gasteiger partial charge in [0.25, 0.3) is 0 Å². The maximum atomic E-state index is 11.7. The van der Waals surface area contributed by atoms with Crippen LogP contribution in [-0.2, 0) is 4.79 Å². The highest BCUT2D eigenvalue weighted by Crippen LogP contribution is 2.16. The normalized spacial score (nSPS) is 10.8. The molecule has 2 rings (SSSR count). The maximum absolute atomic E-state index is 11.7. The van der Waals surface area contributed by atoms with Crippen LogP contribution in [0.15, 0.2) is 48.7 Å². The van der Waals surface area contributed by atoms with E-state index in [1.165, 1.54) is 0 Å². The number of hydrazine groups is 1.